The smallest absolute Gasteiger partial charge is 0.321 e. The van der Waals surface area contributed by atoms with Crippen LogP contribution in [0.5, 0.6) is 5.75 Å². The average molecular weight is 315 g/mol. The van der Waals surface area contributed by atoms with Crippen LogP contribution < -0.4 is 14.8 Å². The minimum atomic E-state index is -0.0726. The zero-order valence-corrected chi connectivity index (χ0v) is 13.2. The van der Waals surface area contributed by atoms with E-state index in [0.717, 1.165) is 27.6 Å². The van der Waals surface area contributed by atoms with Crippen molar-refractivity contribution in [2.24, 2.45) is 0 Å². The van der Waals surface area contributed by atoms with Crippen molar-refractivity contribution < 1.29 is 9.53 Å². The van der Waals surface area contributed by atoms with Gasteiger partial charge in [0.1, 0.15) is 5.75 Å². The number of amides is 2. The number of hydrogen-bond donors (Lipinski definition) is 2. The van der Waals surface area contributed by atoms with Crippen molar-refractivity contribution in [3.05, 3.63) is 48.0 Å². The maximum atomic E-state index is 11.6. The molecule has 0 unspecified atom stereocenters. The van der Waals surface area contributed by atoms with Gasteiger partial charge in [-0.1, -0.05) is 12.1 Å². The maximum absolute atomic E-state index is 11.6. The number of benzene rings is 2. The van der Waals surface area contributed by atoms with Gasteiger partial charge in [0.2, 0.25) is 0 Å². The number of nitrogens with zero attached hydrogens (tertiary/aromatic N) is 1. The average Bonchev–Trinajstić information content (AvgIpc) is 2.54. The second-order valence-electron chi connectivity index (χ2n) is 5.01. The number of carbonyl (C=O) groups excluding carboxylic acids is 1. The number of rotatable bonds is 4. The lowest BCUT2D eigenvalue weighted by molar-refractivity contribution is 0.218. The fraction of sp³-hybridized carbons (Fsp3) is 0.188. The number of ether oxygens (including phenoxy) is 1. The van der Waals surface area contributed by atoms with E-state index in [0.29, 0.717) is 6.54 Å². The summed E-state index contributed by atoms with van der Waals surface area (Å²) in [5.41, 5.74) is 2.95. The molecule has 114 valence electrons. The number of nitrogens with one attached hydrogen (secondary N) is 2. The third-order valence-electron chi connectivity index (χ3n) is 3.45. The normalized spacial score (nSPS) is 13.4. The predicted molar refractivity (Wildman–Crippen MR) is 89.4 cm³/mol. The highest BCUT2D eigenvalue weighted by atomic mass is 32.2. The third-order valence-corrected chi connectivity index (χ3v) is 4.34. The van der Waals surface area contributed by atoms with Crippen LogP contribution >= 0.6 is 11.9 Å². The van der Waals surface area contributed by atoms with Crippen molar-refractivity contribution in [1.82, 2.24) is 4.90 Å². The highest BCUT2D eigenvalue weighted by molar-refractivity contribution is 8.00. The van der Waals surface area contributed by atoms with E-state index in [-0.39, 0.29) is 6.03 Å². The Bertz CT molecular complexity index is 706. The Balaban J connectivity index is 1.74. The predicted octanol–water partition coefficient (Wildman–Crippen LogP) is 3.79. The summed E-state index contributed by atoms with van der Waals surface area (Å²) >= 11 is 1.50. The van der Waals surface area contributed by atoms with E-state index in [1.807, 2.05) is 42.5 Å². The SMILES string of the molecule is COc1ccccc1SNc1ccc2c(c1)CN(C)C(=O)N2. The summed E-state index contributed by atoms with van der Waals surface area (Å²) in [6.45, 7) is 0.607. The Morgan fingerprint density at radius 2 is 2.09 bits per heavy atom. The van der Waals surface area contributed by atoms with E-state index >= 15 is 0 Å². The molecule has 0 fully saturated rings. The molecule has 0 saturated heterocycles. The zero-order chi connectivity index (χ0) is 15.5. The van der Waals surface area contributed by atoms with E-state index in [9.17, 15) is 4.79 Å². The van der Waals surface area contributed by atoms with Crippen LogP contribution in [-0.4, -0.2) is 25.1 Å². The van der Waals surface area contributed by atoms with Crippen LogP contribution in [0.15, 0.2) is 47.4 Å². The van der Waals surface area contributed by atoms with E-state index in [1.54, 1.807) is 19.1 Å². The highest BCUT2D eigenvalue weighted by Gasteiger charge is 2.19. The molecule has 1 heterocycles. The van der Waals surface area contributed by atoms with Gasteiger partial charge in [-0.05, 0) is 47.8 Å². The first-order valence-electron chi connectivity index (χ1n) is 6.88. The van der Waals surface area contributed by atoms with Crippen LogP contribution in [0.4, 0.5) is 16.2 Å². The van der Waals surface area contributed by atoms with Crippen molar-refractivity contribution >= 4 is 29.4 Å². The molecule has 2 aromatic carbocycles. The van der Waals surface area contributed by atoms with Crippen LogP contribution in [0.2, 0.25) is 0 Å². The highest BCUT2D eigenvalue weighted by Crippen LogP contribution is 2.31. The minimum Gasteiger partial charge on any atom is -0.496 e. The molecular formula is C16H17N3O2S. The molecule has 2 aromatic rings. The fourth-order valence-corrected chi connectivity index (χ4v) is 3.02. The number of fused-ring (bicyclic) bond motifs is 1. The molecule has 22 heavy (non-hydrogen) atoms. The number of anilines is 2. The fourth-order valence-electron chi connectivity index (χ4n) is 2.26. The summed E-state index contributed by atoms with van der Waals surface area (Å²) in [6.07, 6.45) is 0. The van der Waals surface area contributed by atoms with Gasteiger partial charge < -0.3 is 19.7 Å². The van der Waals surface area contributed by atoms with E-state index < -0.39 is 0 Å². The first-order chi connectivity index (χ1) is 10.7. The molecule has 1 aliphatic rings. The molecule has 0 aromatic heterocycles. The lowest BCUT2D eigenvalue weighted by Gasteiger charge is -2.26. The van der Waals surface area contributed by atoms with Gasteiger partial charge in [-0.15, -0.1) is 0 Å². The van der Waals surface area contributed by atoms with Gasteiger partial charge in [0.15, 0.2) is 0 Å². The number of urea groups is 1. The van der Waals surface area contributed by atoms with Crippen molar-refractivity contribution in [3.63, 3.8) is 0 Å². The van der Waals surface area contributed by atoms with Crippen molar-refractivity contribution in [3.8, 4) is 5.75 Å². The van der Waals surface area contributed by atoms with Crippen LogP contribution in [0.3, 0.4) is 0 Å². The van der Waals surface area contributed by atoms with Gasteiger partial charge >= 0.3 is 6.03 Å². The summed E-state index contributed by atoms with van der Waals surface area (Å²) in [5.74, 6) is 0.838. The molecule has 0 aliphatic carbocycles. The standard InChI is InChI=1S/C16H17N3O2S/c1-19-10-11-9-12(7-8-13(11)17-16(19)20)18-22-15-6-4-3-5-14(15)21-2/h3-9,18H,10H2,1-2H3,(H,17,20). The molecule has 0 bridgehead atoms. The van der Waals surface area contributed by atoms with Crippen molar-refractivity contribution in [1.29, 1.82) is 0 Å². The molecular weight excluding hydrogens is 298 g/mol. The summed E-state index contributed by atoms with van der Waals surface area (Å²) in [4.78, 5) is 14.3. The van der Waals surface area contributed by atoms with E-state index in [2.05, 4.69) is 10.0 Å². The van der Waals surface area contributed by atoms with Gasteiger partial charge in [-0.25, -0.2) is 4.79 Å². The lowest BCUT2D eigenvalue weighted by Crippen LogP contribution is -2.35. The van der Waals surface area contributed by atoms with E-state index in [4.69, 9.17) is 4.74 Å². The Kier molecular flexibility index (Phi) is 4.11. The van der Waals surface area contributed by atoms with Crippen LogP contribution in [-0.2, 0) is 6.54 Å². The third kappa shape index (κ3) is 2.96. The summed E-state index contributed by atoms with van der Waals surface area (Å²) in [5, 5.41) is 2.86. The van der Waals surface area contributed by atoms with Gasteiger partial charge in [-0.2, -0.15) is 0 Å². The molecule has 0 spiro atoms. The number of carbonyl (C=O) groups is 1. The molecule has 0 atom stereocenters. The minimum absolute atomic E-state index is 0.0726. The quantitative estimate of drug-likeness (QED) is 0.843. The van der Waals surface area contributed by atoms with Gasteiger partial charge in [0.25, 0.3) is 0 Å². The van der Waals surface area contributed by atoms with Gasteiger partial charge in [0, 0.05) is 25.0 Å². The Morgan fingerprint density at radius 1 is 1.27 bits per heavy atom. The number of para-hydroxylation sites is 1. The molecule has 1 aliphatic heterocycles. The molecule has 5 nitrogen and oxygen atoms in total. The maximum Gasteiger partial charge on any atom is 0.321 e. The molecule has 0 radical (unpaired) electrons. The molecule has 0 saturated carbocycles. The summed E-state index contributed by atoms with van der Waals surface area (Å²) in [6, 6.07) is 13.7. The topological polar surface area (TPSA) is 53.6 Å². The summed E-state index contributed by atoms with van der Waals surface area (Å²) in [7, 11) is 3.44. The number of methoxy groups -OCH3 is 1. The second kappa shape index (κ2) is 6.19. The molecule has 6 heteroatoms. The van der Waals surface area contributed by atoms with Gasteiger partial charge in [-0.3, -0.25) is 0 Å². The zero-order valence-electron chi connectivity index (χ0n) is 12.4. The van der Waals surface area contributed by atoms with Gasteiger partial charge in [0.05, 0.1) is 12.0 Å². The monoisotopic (exact) mass is 315 g/mol. The Hall–Kier alpha value is -2.34. The first kappa shape index (κ1) is 14.6. The van der Waals surface area contributed by atoms with E-state index in [1.165, 1.54) is 11.9 Å². The second-order valence-corrected chi connectivity index (χ2v) is 5.86. The van der Waals surface area contributed by atoms with Crippen molar-refractivity contribution in [2.45, 2.75) is 11.4 Å². The van der Waals surface area contributed by atoms with Crippen LogP contribution in [0, 0.1) is 0 Å². The van der Waals surface area contributed by atoms with Crippen LogP contribution in [0.25, 0.3) is 0 Å². The van der Waals surface area contributed by atoms with Crippen molar-refractivity contribution in [2.75, 3.05) is 24.2 Å². The van der Waals surface area contributed by atoms with Crippen LogP contribution in [0.1, 0.15) is 5.56 Å². The summed E-state index contributed by atoms with van der Waals surface area (Å²) < 4.78 is 8.65. The number of hydrogen-bond acceptors (Lipinski definition) is 4. The lowest BCUT2D eigenvalue weighted by atomic mass is 10.1. The molecule has 2 N–H and O–H groups in total. The Morgan fingerprint density at radius 3 is 2.91 bits per heavy atom. The molecule has 3 rings (SSSR count). The molecule has 2 amide bonds. The largest absolute Gasteiger partial charge is 0.496 e. The Labute approximate surface area is 133 Å². The first-order valence-corrected chi connectivity index (χ1v) is 7.70.